The molecule has 0 aliphatic rings. The third kappa shape index (κ3) is 4.21. The summed E-state index contributed by atoms with van der Waals surface area (Å²) in [6.07, 6.45) is 2.14. The second-order valence-electron chi connectivity index (χ2n) is 5.63. The van der Waals surface area contributed by atoms with E-state index >= 15 is 0 Å². The quantitative estimate of drug-likeness (QED) is 0.655. The maximum Gasteiger partial charge on any atom is 0.254 e. The highest BCUT2D eigenvalue weighted by molar-refractivity contribution is 6.33. The lowest BCUT2D eigenvalue weighted by atomic mass is 10.1. The van der Waals surface area contributed by atoms with Crippen LogP contribution in [-0.2, 0) is 6.42 Å². The van der Waals surface area contributed by atoms with E-state index in [1.807, 2.05) is 18.2 Å². The second kappa shape index (κ2) is 8.30. The molecule has 1 N–H and O–H groups in total. The largest absolute Gasteiger partial charge is 0.352 e. The number of halogens is 3. The first-order chi connectivity index (χ1) is 12.6. The molecule has 6 heteroatoms. The molecule has 0 unspecified atom stereocenters. The lowest BCUT2D eigenvalue weighted by Crippen LogP contribution is -2.26. The monoisotopic (exact) mass is 388 g/mol. The predicted octanol–water partition coefficient (Wildman–Crippen LogP) is 5.17. The van der Waals surface area contributed by atoms with Gasteiger partial charge in [0.2, 0.25) is 0 Å². The van der Waals surface area contributed by atoms with Crippen LogP contribution in [0.2, 0.25) is 10.0 Å². The number of hydrogen-bond donors (Lipinski definition) is 1. The maximum absolute atomic E-state index is 14.4. The van der Waals surface area contributed by atoms with E-state index in [4.69, 9.17) is 23.2 Å². The third-order valence-electron chi connectivity index (χ3n) is 3.88. The maximum atomic E-state index is 14.4. The minimum absolute atomic E-state index is 0.0278. The standard InChI is InChI=1S/C20H15Cl2FN2O/c21-16-5-2-1-4-13(16)9-11-25-20(26)15-8-7-14(12-18(15)23)19-17(22)6-3-10-24-19/h1-8,10,12H,9,11H2,(H,25,26). The van der Waals surface area contributed by atoms with E-state index in [1.165, 1.54) is 12.1 Å². The molecule has 1 aromatic heterocycles. The average molecular weight is 389 g/mol. The van der Waals surface area contributed by atoms with Gasteiger partial charge < -0.3 is 5.32 Å². The first-order valence-electron chi connectivity index (χ1n) is 7.98. The predicted molar refractivity (Wildman–Crippen MR) is 102 cm³/mol. The van der Waals surface area contributed by atoms with Crippen molar-refractivity contribution in [3.8, 4) is 11.3 Å². The Kier molecular flexibility index (Phi) is 5.86. The molecular weight excluding hydrogens is 374 g/mol. The fourth-order valence-electron chi connectivity index (χ4n) is 2.55. The summed E-state index contributed by atoms with van der Waals surface area (Å²) >= 11 is 12.2. The van der Waals surface area contributed by atoms with Gasteiger partial charge in [-0.05, 0) is 42.3 Å². The van der Waals surface area contributed by atoms with Crippen molar-refractivity contribution >= 4 is 29.1 Å². The van der Waals surface area contributed by atoms with E-state index in [1.54, 1.807) is 30.5 Å². The minimum Gasteiger partial charge on any atom is -0.352 e. The summed E-state index contributed by atoms with van der Waals surface area (Å²) < 4.78 is 14.4. The van der Waals surface area contributed by atoms with Gasteiger partial charge >= 0.3 is 0 Å². The van der Waals surface area contributed by atoms with Crippen molar-refractivity contribution < 1.29 is 9.18 Å². The van der Waals surface area contributed by atoms with Crippen molar-refractivity contribution in [2.45, 2.75) is 6.42 Å². The fourth-order valence-corrected chi connectivity index (χ4v) is 3.01. The number of benzene rings is 2. The number of pyridine rings is 1. The molecule has 1 heterocycles. The van der Waals surface area contributed by atoms with Crippen molar-refractivity contribution in [1.82, 2.24) is 10.3 Å². The highest BCUT2D eigenvalue weighted by Gasteiger charge is 2.14. The van der Waals surface area contributed by atoms with Gasteiger partial charge in [0.05, 0.1) is 16.3 Å². The highest BCUT2D eigenvalue weighted by atomic mass is 35.5. The molecule has 0 saturated heterocycles. The van der Waals surface area contributed by atoms with Crippen molar-refractivity contribution in [2.75, 3.05) is 6.54 Å². The van der Waals surface area contributed by atoms with Crippen LogP contribution in [0, 0.1) is 5.82 Å². The summed E-state index contributed by atoms with van der Waals surface area (Å²) in [5.41, 5.74) is 1.88. The summed E-state index contributed by atoms with van der Waals surface area (Å²) in [4.78, 5) is 16.4. The number of nitrogens with zero attached hydrogens (tertiary/aromatic N) is 1. The van der Waals surface area contributed by atoms with Crippen molar-refractivity contribution in [3.05, 3.63) is 87.8 Å². The summed E-state index contributed by atoms with van der Waals surface area (Å²) in [5, 5.41) is 3.77. The summed E-state index contributed by atoms with van der Waals surface area (Å²) in [5.74, 6) is -1.10. The topological polar surface area (TPSA) is 42.0 Å². The minimum atomic E-state index is -0.625. The molecule has 0 spiro atoms. The molecule has 3 aromatic rings. The molecule has 3 rings (SSSR count). The SMILES string of the molecule is O=C(NCCc1ccccc1Cl)c1ccc(-c2ncccc2Cl)cc1F. The van der Waals surface area contributed by atoms with Gasteiger partial charge in [0.1, 0.15) is 5.82 Å². The smallest absolute Gasteiger partial charge is 0.254 e. The summed E-state index contributed by atoms with van der Waals surface area (Å²) in [6.45, 7) is 0.357. The average Bonchev–Trinajstić information content (AvgIpc) is 2.63. The van der Waals surface area contributed by atoms with Crippen LogP contribution in [0.3, 0.4) is 0 Å². The van der Waals surface area contributed by atoms with Crippen molar-refractivity contribution in [1.29, 1.82) is 0 Å². The van der Waals surface area contributed by atoms with Gasteiger partial charge in [-0.2, -0.15) is 0 Å². The first-order valence-corrected chi connectivity index (χ1v) is 8.74. The molecule has 0 aliphatic carbocycles. The molecule has 1 amide bonds. The molecular formula is C20H15Cl2FN2O. The number of carbonyl (C=O) groups excluding carboxylic acids is 1. The van der Waals surface area contributed by atoms with E-state index < -0.39 is 11.7 Å². The van der Waals surface area contributed by atoms with E-state index in [-0.39, 0.29) is 5.56 Å². The molecule has 0 bridgehead atoms. The molecule has 0 atom stereocenters. The zero-order valence-electron chi connectivity index (χ0n) is 13.7. The molecule has 26 heavy (non-hydrogen) atoms. The molecule has 3 nitrogen and oxygen atoms in total. The van der Waals surface area contributed by atoms with Crippen LogP contribution < -0.4 is 5.32 Å². The Balaban J connectivity index is 1.68. The normalized spacial score (nSPS) is 10.6. The Morgan fingerprint density at radius 1 is 1.04 bits per heavy atom. The third-order valence-corrected chi connectivity index (χ3v) is 4.56. The van der Waals surface area contributed by atoms with E-state index in [9.17, 15) is 9.18 Å². The number of carbonyl (C=O) groups is 1. The zero-order valence-corrected chi connectivity index (χ0v) is 15.2. The van der Waals surface area contributed by atoms with Gasteiger partial charge in [-0.3, -0.25) is 9.78 Å². The van der Waals surface area contributed by atoms with Crippen molar-refractivity contribution in [3.63, 3.8) is 0 Å². The van der Waals surface area contributed by atoms with E-state index in [0.29, 0.717) is 34.3 Å². The van der Waals surface area contributed by atoms with E-state index in [0.717, 1.165) is 5.56 Å². The van der Waals surface area contributed by atoms with Crippen LogP contribution >= 0.6 is 23.2 Å². The zero-order chi connectivity index (χ0) is 18.5. The molecule has 0 fully saturated rings. The number of amides is 1. The lowest BCUT2D eigenvalue weighted by molar-refractivity contribution is 0.0950. The number of aromatic nitrogens is 1. The van der Waals surface area contributed by atoms with Crippen LogP contribution in [0.15, 0.2) is 60.8 Å². The number of rotatable bonds is 5. The van der Waals surface area contributed by atoms with Crippen LogP contribution in [-0.4, -0.2) is 17.4 Å². The fraction of sp³-hybridized carbons (Fsp3) is 0.100. The van der Waals surface area contributed by atoms with Gasteiger partial charge in [0.15, 0.2) is 0 Å². The van der Waals surface area contributed by atoms with E-state index in [2.05, 4.69) is 10.3 Å². The number of hydrogen-bond acceptors (Lipinski definition) is 2. The van der Waals surface area contributed by atoms with Gasteiger partial charge in [0, 0.05) is 23.3 Å². The van der Waals surface area contributed by atoms with Gasteiger partial charge in [0.25, 0.3) is 5.91 Å². The molecule has 2 aromatic carbocycles. The van der Waals surface area contributed by atoms with Crippen LogP contribution in [0.1, 0.15) is 15.9 Å². The highest BCUT2D eigenvalue weighted by Crippen LogP contribution is 2.26. The molecule has 0 saturated carbocycles. The number of nitrogens with one attached hydrogen (secondary N) is 1. The Hall–Kier alpha value is -2.43. The summed E-state index contributed by atoms with van der Waals surface area (Å²) in [7, 11) is 0. The van der Waals surface area contributed by atoms with Gasteiger partial charge in [-0.25, -0.2) is 4.39 Å². The first kappa shape index (κ1) is 18.4. The Morgan fingerprint density at radius 3 is 2.54 bits per heavy atom. The molecule has 0 aliphatic heterocycles. The summed E-state index contributed by atoms with van der Waals surface area (Å²) in [6, 6.07) is 15.1. The second-order valence-corrected chi connectivity index (χ2v) is 6.44. The van der Waals surface area contributed by atoms with Gasteiger partial charge in [-0.1, -0.05) is 47.5 Å². The van der Waals surface area contributed by atoms with Crippen LogP contribution in [0.4, 0.5) is 4.39 Å². The van der Waals surface area contributed by atoms with Gasteiger partial charge in [-0.15, -0.1) is 0 Å². The molecule has 0 radical (unpaired) electrons. The lowest BCUT2D eigenvalue weighted by Gasteiger charge is -2.09. The Labute approximate surface area is 160 Å². The Morgan fingerprint density at radius 2 is 1.81 bits per heavy atom. The van der Waals surface area contributed by atoms with Crippen LogP contribution in [0.5, 0.6) is 0 Å². The van der Waals surface area contributed by atoms with Crippen LogP contribution in [0.25, 0.3) is 11.3 Å². The van der Waals surface area contributed by atoms with Crippen molar-refractivity contribution in [2.24, 2.45) is 0 Å². The Bertz CT molecular complexity index is 947. The molecule has 132 valence electrons.